The minimum atomic E-state index is -1.06. The molecule has 0 aromatic heterocycles. The molecule has 0 aliphatic heterocycles. The van der Waals surface area contributed by atoms with E-state index in [1.54, 1.807) is 41.5 Å². The number of carbonyl (C=O) groups is 5. The van der Waals surface area contributed by atoms with Gasteiger partial charge in [-0.1, -0.05) is 91.9 Å². The van der Waals surface area contributed by atoms with E-state index in [-0.39, 0.29) is 36.7 Å². The number of alkyl carbamates (subject to hydrolysis) is 2. The molecule has 0 bridgehead atoms. The van der Waals surface area contributed by atoms with Gasteiger partial charge >= 0.3 is 30.5 Å². The van der Waals surface area contributed by atoms with E-state index in [0.717, 1.165) is 24.0 Å². The zero-order valence-electron chi connectivity index (χ0n) is 32.6. The molecule has 0 heterocycles. The Labute approximate surface area is 318 Å². The minimum absolute atomic E-state index is 0.193. The summed E-state index contributed by atoms with van der Waals surface area (Å²) < 4.78 is 28.9. The maximum absolute atomic E-state index is 11.8. The van der Waals surface area contributed by atoms with E-state index in [2.05, 4.69) is 34.4 Å². The lowest BCUT2D eigenvalue weighted by molar-refractivity contribution is -0.146. The molecule has 0 fully saturated rings. The molecule has 2 aliphatic rings. The minimum Gasteiger partial charge on any atom is -0.469 e. The van der Waals surface area contributed by atoms with Gasteiger partial charge in [0.25, 0.3) is 0 Å². The average molecular weight is 753 g/mol. The molecule has 0 saturated heterocycles. The van der Waals surface area contributed by atoms with Gasteiger partial charge in [-0.05, 0) is 84.3 Å². The molecule has 54 heavy (non-hydrogen) atoms. The summed E-state index contributed by atoms with van der Waals surface area (Å²) in [5.74, 6) is -0.198. The number of amides is 2. The van der Waals surface area contributed by atoms with Crippen LogP contribution >= 0.6 is 0 Å². The SMILES string of the molecule is CC(C)(C)OC(=O)OC(=O)OC(C)(C)C.COC(=O)[C@@H]1CC=CC[C@@H]1NC(=O)OCc1ccccc1.C[C@@H]1CC=CC[C@@H]1NC(=O)OCc1ccccc1. The molecular formula is C41H56N2O11. The molecular weight excluding hydrogens is 696 g/mol. The molecule has 2 N–H and O–H groups in total. The Morgan fingerprint density at radius 2 is 1.02 bits per heavy atom. The summed E-state index contributed by atoms with van der Waals surface area (Å²) in [4.78, 5) is 57.2. The Morgan fingerprint density at radius 3 is 1.44 bits per heavy atom. The van der Waals surface area contributed by atoms with Gasteiger partial charge in [0.05, 0.1) is 13.0 Å². The first-order valence-corrected chi connectivity index (χ1v) is 17.9. The first kappa shape index (κ1) is 44.8. The second-order valence-electron chi connectivity index (χ2n) is 14.6. The molecule has 2 aromatic rings. The van der Waals surface area contributed by atoms with E-state index < -0.39 is 29.6 Å². The van der Waals surface area contributed by atoms with Crippen molar-refractivity contribution < 1.29 is 52.4 Å². The van der Waals surface area contributed by atoms with E-state index >= 15 is 0 Å². The standard InChI is InChI=1S/C16H19NO4.C15H19NO2.C10H18O5/c1-20-15(18)13-9-5-6-10-14(13)17-16(19)21-11-12-7-3-2-4-8-12;1-12-7-5-6-10-14(12)16-15(17)18-11-13-8-3-2-4-9-13;1-9(2,3)14-7(11)13-8(12)15-10(4,5)6/h2-8,13-14H,9-11H2,1H3,(H,17,19);2-6,8-9,12,14H,7,10-11H2,1H3,(H,16,17);1-6H3/t13-,14+;12-,14+;/m11./s1. The van der Waals surface area contributed by atoms with Crippen molar-refractivity contribution in [1.29, 1.82) is 0 Å². The number of rotatable bonds is 7. The summed E-state index contributed by atoms with van der Waals surface area (Å²) in [5, 5.41) is 5.67. The van der Waals surface area contributed by atoms with Crippen LogP contribution in [-0.4, -0.2) is 60.9 Å². The third-order valence-corrected chi connectivity index (χ3v) is 7.67. The lowest BCUT2D eigenvalue weighted by Crippen LogP contribution is -2.44. The Kier molecular flexibility index (Phi) is 18.8. The second kappa shape index (κ2) is 22.7. The molecule has 296 valence electrons. The summed E-state index contributed by atoms with van der Waals surface area (Å²) in [6.07, 6.45) is 8.26. The van der Waals surface area contributed by atoms with Gasteiger partial charge in [-0.25, -0.2) is 19.2 Å². The molecule has 2 amide bonds. The molecule has 4 atom stereocenters. The maximum Gasteiger partial charge on any atom is 0.519 e. The zero-order valence-corrected chi connectivity index (χ0v) is 32.6. The third kappa shape index (κ3) is 19.5. The zero-order chi connectivity index (χ0) is 40.1. The van der Waals surface area contributed by atoms with E-state index in [1.807, 2.05) is 72.8 Å². The van der Waals surface area contributed by atoms with Gasteiger partial charge in [0, 0.05) is 12.1 Å². The Bertz CT molecular complexity index is 1500. The highest BCUT2D eigenvalue weighted by molar-refractivity contribution is 5.77. The number of hydrogen-bond acceptors (Lipinski definition) is 11. The Balaban J connectivity index is 0.000000285. The fraction of sp³-hybridized carbons (Fsp3) is 0.488. The van der Waals surface area contributed by atoms with Crippen molar-refractivity contribution in [3.8, 4) is 0 Å². The molecule has 13 heteroatoms. The number of hydrogen-bond donors (Lipinski definition) is 2. The van der Waals surface area contributed by atoms with Gasteiger partial charge in [0.1, 0.15) is 24.4 Å². The van der Waals surface area contributed by atoms with E-state index in [1.165, 1.54) is 7.11 Å². The number of ether oxygens (including phenoxy) is 6. The second-order valence-corrected chi connectivity index (χ2v) is 14.6. The number of nitrogens with one attached hydrogen (secondary N) is 2. The van der Waals surface area contributed by atoms with Crippen molar-refractivity contribution in [3.63, 3.8) is 0 Å². The molecule has 0 radical (unpaired) electrons. The largest absolute Gasteiger partial charge is 0.519 e. The van der Waals surface area contributed by atoms with E-state index in [4.69, 9.17) is 23.7 Å². The van der Waals surface area contributed by atoms with Crippen molar-refractivity contribution in [2.24, 2.45) is 11.8 Å². The van der Waals surface area contributed by atoms with Crippen LogP contribution in [0.1, 0.15) is 85.3 Å². The molecule has 2 aliphatic carbocycles. The number of methoxy groups -OCH3 is 1. The van der Waals surface area contributed by atoms with Crippen LogP contribution in [0, 0.1) is 11.8 Å². The topological polar surface area (TPSA) is 165 Å². The number of esters is 1. The summed E-state index contributed by atoms with van der Waals surface area (Å²) in [5.41, 5.74) is 0.531. The van der Waals surface area contributed by atoms with Crippen LogP contribution in [0.15, 0.2) is 85.0 Å². The highest BCUT2D eigenvalue weighted by atomic mass is 16.8. The number of carbonyl (C=O) groups excluding carboxylic acids is 5. The predicted molar refractivity (Wildman–Crippen MR) is 202 cm³/mol. The first-order valence-electron chi connectivity index (χ1n) is 17.9. The monoisotopic (exact) mass is 752 g/mol. The van der Waals surface area contributed by atoms with Crippen LogP contribution in [0.5, 0.6) is 0 Å². The van der Waals surface area contributed by atoms with Gasteiger partial charge in [0.15, 0.2) is 0 Å². The summed E-state index contributed by atoms with van der Waals surface area (Å²) in [6.45, 7) is 12.7. The third-order valence-electron chi connectivity index (χ3n) is 7.67. The number of benzene rings is 2. The lowest BCUT2D eigenvalue weighted by Gasteiger charge is -2.26. The summed E-state index contributed by atoms with van der Waals surface area (Å²) in [6, 6.07) is 19.0. The van der Waals surface area contributed by atoms with Crippen molar-refractivity contribution in [3.05, 3.63) is 96.1 Å². The van der Waals surface area contributed by atoms with Crippen molar-refractivity contribution in [2.45, 2.75) is 111 Å². The molecule has 4 rings (SSSR count). The molecule has 13 nitrogen and oxygen atoms in total. The average Bonchev–Trinajstić information content (AvgIpc) is 3.10. The smallest absolute Gasteiger partial charge is 0.469 e. The van der Waals surface area contributed by atoms with Gasteiger partial charge in [-0.3, -0.25) is 4.79 Å². The van der Waals surface area contributed by atoms with Gasteiger partial charge < -0.3 is 39.1 Å². The Hall–Kier alpha value is -5.33. The highest BCUT2D eigenvalue weighted by Crippen LogP contribution is 2.21. The quantitative estimate of drug-likeness (QED) is 0.120. The fourth-order valence-corrected chi connectivity index (χ4v) is 4.98. The van der Waals surface area contributed by atoms with Crippen LogP contribution in [-0.2, 0) is 46.4 Å². The van der Waals surface area contributed by atoms with Crippen molar-refractivity contribution >= 4 is 30.5 Å². The van der Waals surface area contributed by atoms with Crippen LogP contribution in [0.25, 0.3) is 0 Å². The summed E-state index contributed by atoms with van der Waals surface area (Å²) >= 11 is 0. The molecule has 0 saturated carbocycles. The van der Waals surface area contributed by atoms with Crippen LogP contribution in [0.3, 0.4) is 0 Å². The normalized spacial score (nSPS) is 18.8. The first-order chi connectivity index (χ1) is 25.5. The molecule has 0 unspecified atom stereocenters. The van der Waals surface area contributed by atoms with Crippen LogP contribution < -0.4 is 10.6 Å². The fourth-order valence-electron chi connectivity index (χ4n) is 4.98. The Morgan fingerprint density at radius 1 is 0.611 bits per heavy atom. The van der Waals surface area contributed by atoms with Gasteiger partial charge in [-0.2, -0.15) is 0 Å². The molecule has 2 aromatic carbocycles. The van der Waals surface area contributed by atoms with Gasteiger partial charge in [-0.15, -0.1) is 0 Å². The number of allylic oxidation sites excluding steroid dienone is 2. The highest BCUT2D eigenvalue weighted by Gasteiger charge is 2.31. The summed E-state index contributed by atoms with van der Waals surface area (Å²) in [7, 11) is 1.35. The lowest BCUT2D eigenvalue weighted by atomic mass is 9.89. The molecule has 0 spiro atoms. The van der Waals surface area contributed by atoms with E-state index in [9.17, 15) is 24.0 Å². The van der Waals surface area contributed by atoms with E-state index in [0.29, 0.717) is 25.4 Å². The predicted octanol–water partition coefficient (Wildman–Crippen LogP) is 8.56. The van der Waals surface area contributed by atoms with Crippen molar-refractivity contribution in [1.82, 2.24) is 10.6 Å². The van der Waals surface area contributed by atoms with Gasteiger partial charge in [0.2, 0.25) is 0 Å². The van der Waals surface area contributed by atoms with Crippen molar-refractivity contribution in [2.75, 3.05) is 7.11 Å². The van der Waals surface area contributed by atoms with Crippen LogP contribution in [0.2, 0.25) is 0 Å². The van der Waals surface area contributed by atoms with Crippen LogP contribution in [0.4, 0.5) is 19.2 Å². The maximum atomic E-state index is 11.8.